The van der Waals surface area contributed by atoms with Gasteiger partial charge in [0.05, 0.1) is 0 Å². The van der Waals surface area contributed by atoms with Crippen LogP contribution in [-0.2, 0) is 0 Å². The summed E-state index contributed by atoms with van der Waals surface area (Å²) in [5.41, 5.74) is 9.49. The maximum absolute atomic E-state index is 5.79. The number of benzene rings is 1. The molecule has 0 saturated heterocycles. The van der Waals surface area contributed by atoms with Gasteiger partial charge in [0.25, 0.3) is 0 Å². The molecular weight excluding hydrogens is 214 g/mol. The van der Waals surface area contributed by atoms with Gasteiger partial charge >= 0.3 is 0 Å². The molecule has 0 aromatic heterocycles. The molecule has 1 aromatic carbocycles. The molecule has 0 unspecified atom stereocenters. The zero-order valence-corrected chi connectivity index (χ0v) is 9.27. The molecule has 2 heteroatoms. The predicted octanol–water partition coefficient (Wildman–Crippen LogP) is 3.09. The highest BCUT2D eigenvalue weighted by molar-refractivity contribution is 9.10. The van der Waals surface area contributed by atoms with Crippen molar-refractivity contribution >= 4 is 15.9 Å². The highest BCUT2D eigenvalue weighted by Gasteiger charge is 2.04. The van der Waals surface area contributed by atoms with E-state index in [1.807, 2.05) is 6.92 Å². The van der Waals surface area contributed by atoms with Crippen LogP contribution in [-0.4, -0.2) is 0 Å². The van der Waals surface area contributed by atoms with Crippen LogP contribution in [0.25, 0.3) is 0 Å². The van der Waals surface area contributed by atoms with Crippen LogP contribution < -0.4 is 5.73 Å². The van der Waals surface area contributed by atoms with Crippen molar-refractivity contribution in [1.82, 2.24) is 0 Å². The zero-order chi connectivity index (χ0) is 9.30. The van der Waals surface area contributed by atoms with Crippen molar-refractivity contribution < 1.29 is 0 Å². The Morgan fingerprint density at radius 1 is 1.25 bits per heavy atom. The van der Waals surface area contributed by atoms with Gasteiger partial charge in [-0.1, -0.05) is 28.1 Å². The van der Waals surface area contributed by atoms with Crippen LogP contribution in [0.5, 0.6) is 0 Å². The second kappa shape index (κ2) is 3.58. The third kappa shape index (κ3) is 1.87. The quantitative estimate of drug-likeness (QED) is 0.785. The van der Waals surface area contributed by atoms with Crippen LogP contribution in [0.3, 0.4) is 0 Å². The molecule has 0 fully saturated rings. The number of rotatable bonds is 1. The van der Waals surface area contributed by atoms with Gasteiger partial charge in [0.2, 0.25) is 0 Å². The Labute approximate surface area is 82.1 Å². The van der Waals surface area contributed by atoms with Crippen molar-refractivity contribution in [2.75, 3.05) is 0 Å². The lowest BCUT2D eigenvalue weighted by Gasteiger charge is -2.10. The van der Waals surface area contributed by atoms with Crippen molar-refractivity contribution in [3.05, 3.63) is 33.3 Å². The summed E-state index contributed by atoms with van der Waals surface area (Å²) in [5, 5.41) is 0. The van der Waals surface area contributed by atoms with Crippen LogP contribution in [0.1, 0.15) is 29.7 Å². The fourth-order valence-corrected chi connectivity index (χ4v) is 1.47. The van der Waals surface area contributed by atoms with Gasteiger partial charge in [-0.25, -0.2) is 0 Å². The fourth-order valence-electron chi connectivity index (χ4n) is 1.24. The molecule has 1 atom stereocenters. The van der Waals surface area contributed by atoms with Crippen molar-refractivity contribution in [1.29, 1.82) is 0 Å². The van der Waals surface area contributed by atoms with Crippen LogP contribution in [0.4, 0.5) is 0 Å². The zero-order valence-electron chi connectivity index (χ0n) is 7.69. The molecule has 0 saturated carbocycles. The summed E-state index contributed by atoms with van der Waals surface area (Å²) in [7, 11) is 0. The Morgan fingerprint density at radius 2 is 1.67 bits per heavy atom. The minimum atomic E-state index is 0.121. The van der Waals surface area contributed by atoms with Gasteiger partial charge in [0.15, 0.2) is 0 Å². The average molecular weight is 228 g/mol. The van der Waals surface area contributed by atoms with Gasteiger partial charge < -0.3 is 5.73 Å². The van der Waals surface area contributed by atoms with E-state index in [9.17, 15) is 0 Å². The summed E-state index contributed by atoms with van der Waals surface area (Å²) in [6.45, 7) is 6.17. The second-order valence-corrected chi connectivity index (χ2v) is 4.05. The summed E-state index contributed by atoms with van der Waals surface area (Å²) >= 11 is 3.52. The summed E-state index contributed by atoms with van der Waals surface area (Å²) in [5.74, 6) is 0. The molecule has 12 heavy (non-hydrogen) atoms. The third-order valence-corrected chi connectivity index (χ3v) is 3.24. The van der Waals surface area contributed by atoms with Crippen LogP contribution >= 0.6 is 15.9 Å². The first-order chi connectivity index (χ1) is 5.52. The second-order valence-electron chi connectivity index (χ2n) is 3.26. The SMILES string of the molecule is Cc1cc([C@H](C)N)cc(C)c1Br. The summed E-state index contributed by atoms with van der Waals surface area (Å²) in [4.78, 5) is 0. The van der Waals surface area contributed by atoms with Crippen molar-refractivity contribution in [3.8, 4) is 0 Å². The van der Waals surface area contributed by atoms with Crippen molar-refractivity contribution in [3.63, 3.8) is 0 Å². The molecule has 0 amide bonds. The monoisotopic (exact) mass is 227 g/mol. The first-order valence-electron chi connectivity index (χ1n) is 4.04. The molecule has 1 rings (SSSR count). The van der Waals surface area contributed by atoms with Crippen LogP contribution in [0.15, 0.2) is 16.6 Å². The molecule has 0 heterocycles. The van der Waals surface area contributed by atoms with E-state index in [1.165, 1.54) is 21.2 Å². The summed E-state index contributed by atoms with van der Waals surface area (Å²) in [6, 6.07) is 4.37. The Bertz CT molecular complexity index is 269. The lowest BCUT2D eigenvalue weighted by Crippen LogP contribution is -2.05. The van der Waals surface area contributed by atoms with Gasteiger partial charge in [-0.05, 0) is 37.5 Å². The minimum absolute atomic E-state index is 0.121. The number of hydrogen-bond donors (Lipinski definition) is 1. The molecule has 0 aliphatic carbocycles. The van der Waals surface area contributed by atoms with E-state index in [0.29, 0.717) is 0 Å². The Kier molecular flexibility index (Phi) is 2.91. The first-order valence-corrected chi connectivity index (χ1v) is 4.84. The topological polar surface area (TPSA) is 26.0 Å². The molecular formula is C10H14BrN. The van der Waals surface area contributed by atoms with E-state index in [0.717, 1.165) is 0 Å². The van der Waals surface area contributed by atoms with Gasteiger partial charge in [-0.3, -0.25) is 0 Å². The first kappa shape index (κ1) is 9.75. The summed E-state index contributed by atoms with van der Waals surface area (Å²) < 4.78 is 1.19. The Hall–Kier alpha value is -0.340. The highest BCUT2D eigenvalue weighted by Crippen LogP contribution is 2.24. The normalized spacial score (nSPS) is 13.1. The maximum atomic E-state index is 5.79. The van der Waals surface area contributed by atoms with Crippen LogP contribution in [0, 0.1) is 13.8 Å². The number of aryl methyl sites for hydroxylation is 2. The predicted molar refractivity (Wildman–Crippen MR) is 56.2 cm³/mol. The Balaban J connectivity index is 3.21. The van der Waals surface area contributed by atoms with E-state index in [2.05, 4.69) is 41.9 Å². The molecule has 0 aliphatic rings. The van der Waals surface area contributed by atoms with Crippen molar-refractivity contribution in [2.45, 2.75) is 26.8 Å². The summed E-state index contributed by atoms with van der Waals surface area (Å²) in [6.07, 6.45) is 0. The van der Waals surface area contributed by atoms with E-state index in [4.69, 9.17) is 5.73 Å². The van der Waals surface area contributed by atoms with Gasteiger partial charge in [-0.2, -0.15) is 0 Å². The van der Waals surface area contributed by atoms with E-state index < -0.39 is 0 Å². The maximum Gasteiger partial charge on any atom is 0.0266 e. The number of halogens is 1. The minimum Gasteiger partial charge on any atom is -0.324 e. The van der Waals surface area contributed by atoms with E-state index in [1.54, 1.807) is 0 Å². The lowest BCUT2D eigenvalue weighted by atomic mass is 10.0. The van der Waals surface area contributed by atoms with Gasteiger partial charge in [0.1, 0.15) is 0 Å². The van der Waals surface area contributed by atoms with Crippen LogP contribution in [0.2, 0.25) is 0 Å². The fraction of sp³-hybridized carbons (Fsp3) is 0.400. The molecule has 66 valence electrons. The van der Waals surface area contributed by atoms with E-state index >= 15 is 0 Å². The molecule has 2 N–H and O–H groups in total. The Morgan fingerprint density at radius 3 is 2.00 bits per heavy atom. The number of nitrogens with two attached hydrogens (primary N) is 1. The molecule has 0 radical (unpaired) electrons. The largest absolute Gasteiger partial charge is 0.324 e. The average Bonchev–Trinajstić information content (AvgIpc) is 1.99. The third-order valence-electron chi connectivity index (χ3n) is 1.98. The molecule has 1 nitrogen and oxygen atoms in total. The van der Waals surface area contributed by atoms with Gasteiger partial charge in [-0.15, -0.1) is 0 Å². The lowest BCUT2D eigenvalue weighted by molar-refractivity contribution is 0.815. The number of hydrogen-bond acceptors (Lipinski definition) is 1. The highest BCUT2D eigenvalue weighted by atomic mass is 79.9. The van der Waals surface area contributed by atoms with Crippen molar-refractivity contribution in [2.24, 2.45) is 5.73 Å². The van der Waals surface area contributed by atoms with Gasteiger partial charge in [0, 0.05) is 10.5 Å². The smallest absolute Gasteiger partial charge is 0.0266 e. The molecule has 0 spiro atoms. The standard InChI is InChI=1S/C10H14BrN/c1-6-4-9(8(3)12)5-7(2)10(6)11/h4-5,8H,12H2,1-3H3/t8-/m0/s1. The molecule has 1 aromatic rings. The molecule has 0 aliphatic heterocycles. The molecule has 0 bridgehead atoms. The van der Waals surface area contributed by atoms with E-state index in [-0.39, 0.29) is 6.04 Å².